The van der Waals surface area contributed by atoms with Crippen LogP contribution in [0.4, 0.5) is 0 Å². The largest absolute Gasteiger partial charge is 0.468 e. The van der Waals surface area contributed by atoms with E-state index in [0.29, 0.717) is 6.42 Å². The maximum absolute atomic E-state index is 11.3. The Kier molecular flexibility index (Phi) is 3.19. The number of hydrogen-bond acceptors (Lipinski definition) is 4. The number of esters is 1. The summed E-state index contributed by atoms with van der Waals surface area (Å²) in [4.78, 5) is 15.2. The summed E-state index contributed by atoms with van der Waals surface area (Å²) < 4.78 is 4.60. The van der Waals surface area contributed by atoms with E-state index in [4.69, 9.17) is 5.73 Å². The molecular formula is C10H14N2O2. The predicted octanol–water partition coefficient (Wildman–Crippen LogP) is 0.514. The fraction of sp³-hybridized carbons (Fsp3) is 0.400. The summed E-state index contributed by atoms with van der Waals surface area (Å²) in [6, 6.07) is 3.68. The highest BCUT2D eigenvalue weighted by molar-refractivity contribution is 5.80. The van der Waals surface area contributed by atoms with E-state index < -0.39 is 11.5 Å². The van der Waals surface area contributed by atoms with Crippen molar-refractivity contribution in [2.75, 3.05) is 7.11 Å². The Morgan fingerprint density at radius 3 is 2.93 bits per heavy atom. The molecule has 0 fully saturated rings. The monoisotopic (exact) mass is 194 g/mol. The summed E-state index contributed by atoms with van der Waals surface area (Å²) in [5.74, 6) is -0.415. The molecule has 1 unspecified atom stereocenters. The lowest BCUT2D eigenvalue weighted by Crippen LogP contribution is -2.47. The van der Waals surface area contributed by atoms with Crippen LogP contribution in [0, 0.1) is 0 Å². The molecule has 1 heterocycles. The van der Waals surface area contributed by atoms with Gasteiger partial charge in [0.1, 0.15) is 5.54 Å². The van der Waals surface area contributed by atoms with Crippen molar-refractivity contribution < 1.29 is 9.53 Å². The molecule has 0 aliphatic rings. The third kappa shape index (κ3) is 2.53. The topological polar surface area (TPSA) is 65.2 Å². The van der Waals surface area contributed by atoms with E-state index >= 15 is 0 Å². The van der Waals surface area contributed by atoms with Gasteiger partial charge in [-0.25, -0.2) is 0 Å². The Hall–Kier alpha value is -1.42. The van der Waals surface area contributed by atoms with Crippen LogP contribution in [0.25, 0.3) is 0 Å². The number of carbonyl (C=O) groups is 1. The number of methoxy groups -OCH3 is 1. The van der Waals surface area contributed by atoms with Gasteiger partial charge in [-0.05, 0) is 18.6 Å². The van der Waals surface area contributed by atoms with E-state index in [-0.39, 0.29) is 0 Å². The molecule has 1 rings (SSSR count). The van der Waals surface area contributed by atoms with Crippen molar-refractivity contribution in [3.63, 3.8) is 0 Å². The lowest BCUT2D eigenvalue weighted by Gasteiger charge is -2.20. The van der Waals surface area contributed by atoms with Gasteiger partial charge in [0.25, 0.3) is 0 Å². The number of rotatable bonds is 3. The molecule has 0 bridgehead atoms. The van der Waals surface area contributed by atoms with Crippen LogP contribution >= 0.6 is 0 Å². The maximum Gasteiger partial charge on any atom is 0.325 e. The molecule has 0 aromatic carbocycles. The summed E-state index contributed by atoms with van der Waals surface area (Å²) >= 11 is 0. The molecule has 0 aliphatic carbocycles. The fourth-order valence-electron chi connectivity index (χ4n) is 1.23. The number of ether oxygens (including phenoxy) is 1. The van der Waals surface area contributed by atoms with Crippen molar-refractivity contribution >= 4 is 5.97 Å². The van der Waals surface area contributed by atoms with E-state index in [1.54, 1.807) is 19.3 Å². The molecule has 1 aromatic rings. The van der Waals surface area contributed by atoms with Crippen molar-refractivity contribution in [1.29, 1.82) is 0 Å². The molecule has 4 nitrogen and oxygen atoms in total. The number of hydrogen-bond donors (Lipinski definition) is 1. The number of pyridine rings is 1. The van der Waals surface area contributed by atoms with Crippen LogP contribution in [0.3, 0.4) is 0 Å². The lowest BCUT2D eigenvalue weighted by atomic mass is 9.95. The number of nitrogens with zero attached hydrogens (tertiary/aromatic N) is 1. The quantitative estimate of drug-likeness (QED) is 0.712. The van der Waals surface area contributed by atoms with E-state index in [9.17, 15) is 4.79 Å². The van der Waals surface area contributed by atoms with Gasteiger partial charge in [0, 0.05) is 18.8 Å². The van der Waals surface area contributed by atoms with Crippen molar-refractivity contribution in [2.45, 2.75) is 18.9 Å². The van der Waals surface area contributed by atoms with Gasteiger partial charge in [0.05, 0.1) is 7.11 Å². The smallest absolute Gasteiger partial charge is 0.325 e. The van der Waals surface area contributed by atoms with Crippen molar-refractivity contribution in [3.8, 4) is 0 Å². The summed E-state index contributed by atoms with van der Waals surface area (Å²) in [6.07, 6.45) is 3.79. The first-order valence-corrected chi connectivity index (χ1v) is 4.32. The minimum atomic E-state index is -0.988. The zero-order chi connectivity index (χ0) is 10.6. The Morgan fingerprint density at radius 1 is 1.71 bits per heavy atom. The summed E-state index contributed by atoms with van der Waals surface area (Å²) in [6.45, 7) is 1.64. The van der Waals surface area contributed by atoms with E-state index in [2.05, 4.69) is 9.72 Å². The third-order valence-electron chi connectivity index (χ3n) is 1.95. The maximum atomic E-state index is 11.3. The zero-order valence-electron chi connectivity index (χ0n) is 8.36. The first-order chi connectivity index (χ1) is 6.56. The second kappa shape index (κ2) is 4.19. The molecule has 0 spiro atoms. The molecule has 14 heavy (non-hydrogen) atoms. The van der Waals surface area contributed by atoms with Crippen molar-refractivity contribution in [3.05, 3.63) is 30.1 Å². The minimum absolute atomic E-state index is 0.415. The highest BCUT2D eigenvalue weighted by atomic mass is 16.5. The molecule has 2 N–H and O–H groups in total. The third-order valence-corrected chi connectivity index (χ3v) is 1.95. The molecule has 0 saturated carbocycles. The molecular weight excluding hydrogens is 180 g/mol. The van der Waals surface area contributed by atoms with Gasteiger partial charge in [0.2, 0.25) is 0 Å². The molecule has 0 radical (unpaired) electrons. The van der Waals surface area contributed by atoms with Crippen LogP contribution in [0.2, 0.25) is 0 Å². The van der Waals surface area contributed by atoms with Crippen molar-refractivity contribution in [1.82, 2.24) is 4.98 Å². The minimum Gasteiger partial charge on any atom is -0.468 e. The summed E-state index contributed by atoms with van der Waals surface area (Å²) in [7, 11) is 1.33. The Bertz CT molecular complexity index is 309. The van der Waals surface area contributed by atoms with E-state index in [1.165, 1.54) is 7.11 Å². The van der Waals surface area contributed by atoms with Crippen LogP contribution in [0.5, 0.6) is 0 Å². The van der Waals surface area contributed by atoms with Crippen LogP contribution in [-0.2, 0) is 16.0 Å². The number of aromatic nitrogens is 1. The SMILES string of the molecule is COC(=O)C(C)(N)Cc1cccnc1. The Balaban J connectivity index is 2.73. The average Bonchev–Trinajstić information content (AvgIpc) is 2.17. The lowest BCUT2D eigenvalue weighted by molar-refractivity contribution is -0.146. The van der Waals surface area contributed by atoms with Crippen LogP contribution in [0.15, 0.2) is 24.5 Å². The number of nitrogens with two attached hydrogens (primary N) is 1. The van der Waals surface area contributed by atoms with Crippen LogP contribution < -0.4 is 5.73 Å². The van der Waals surface area contributed by atoms with Crippen LogP contribution in [-0.4, -0.2) is 23.6 Å². The van der Waals surface area contributed by atoms with Gasteiger partial charge < -0.3 is 10.5 Å². The Labute approximate surface area is 83.1 Å². The van der Waals surface area contributed by atoms with Gasteiger partial charge in [0.15, 0.2) is 0 Å². The highest BCUT2D eigenvalue weighted by Crippen LogP contribution is 2.10. The second-order valence-corrected chi connectivity index (χ2v) is 3.45. The zero-order valence-corrected chi connectivity index (χ0v) is 8.36. The van der Waals surface area contributed by atoms with Gasteiger partial charge in [-0.15, -0.1) is 0 Å². The normalized spacial score (nSPS) is 14.5. The predicted molar refractivity (Wildman–Crippen MR) is 52.5 cm³/mol. The Morgan fingerprint density at radius 2 is 2.43 bits per heavy atom. The fourth-order valence-corrected chi connectivity index (χ4v) is 1.23. The average molecular weight is 194 g/mol. The second-order valence-electron chi connectivity index (χ2n) is 3.45. The van der Waals surface area contributed by atoms with E-state index in [1.807, 2.05) is 12.1 Å². The van der Waals surface area contributed by atoms with Crippen molar-refractivity contribution in [2.24, 2.45) is 5.73 Å². The molecule has 1 aromatic heterocycles. The number of carbonyl (C=O) groups excluding carboxylic acids is 1. The molecule has 4 heteroatoms. The van der Waals surface area contributed by atoms with Crippen LogP contribution in [0.1, 0.15) is 12.5 Å². The molecule has 0 aliphatic heterocycles. The molecule has 0 saturated heterocycles. The molecule has 1 atom stereocenters. The van der Waals surface area contributed by atoms with Gasteiger partial charge in [-0.3, -0.25) is 9.78 Å². The first-order valence-electron chi connectivity index (χ1n) is 4.32. The standard InChI is InChI=1S/C10H14N2O2/c1-10(11,9(13)14-2)6-8-4-3-5-12-7-8/h3-5,7H,6,11H2,1-2H3. The van der Waals surface area contributed by atoms with E-state index in [0.717, 1.165) is 5.56 Å². The van der Waals surface area contributed by atoms with Gasteiger partial charge >= 0.3 is 5.97 Å². The summed E-state index contributed by atoms with van der Waals surface area (Å²) in [5, 5.41) is 0. The first kappa shape index (κ1) is 10.7. The highest BCUT2D eigenvalue weighted by Gasteiger charge is 2.29. The van der Waals surface area contributed by atoms with Gasteiger partial charge in [-0.2, -0.15) is 0 Å². The molecule has 0 amide bonds. The molecule has 76 valence electrons. The van der Waals surface area contributed by atoms with Gasteiger partial charge in [-0.1, -0.05) is 6.07 Å². The summed E-state index contributed by atoms with van der Waals surface area (Å²) in [5.41, 5.74) is 5.73.